The quantitative estimate of drug-likeness (QED) is 0.485. The molecule has 142 valence electrons. The Labute approximate surface area is 150 Å². The lowest BCUT2D eigenvalue weighted by Crippen LogP contribution is -2.31. The monoisotopic (exact) mass is 368 g/mol. The smallest absolute Gasteiger partial charge is 0.337 e. The van der Waals surface area contributed by atoms with Gasteiger partial charge in [0, 0.05) is 25.4 Å². The first-order valence-electron chi connectivity index (χ1n) is 7.91. The average molecular weight is 368 g/mol. The van der Waals surface area contributed by atoms with Crippen LogP contribution in [0.2, 0.25) is 0 Å². The van der Waals surface area contributed by atoms with E-state index in [0.29, 0.717) is 6.61 Å². The molecule has 1 aromatic carbocycles. The summed E-state index contributed by atoms with van der Waals surface area (Å²) in [6, 6.07) is 4.09. The Bertz CT molecular complexity index is 706. The van der Waals surface area contributed by atoms with Crippen LogP contribution in [-0.4, -0.2) is 69.0 Å². The number of ether oxygens (including phenoxy) is 3. The first-order chi connectivity index (χ1) is 12.5. The van der Waals surface area contributed by atoms with Crippen LogP contribution in [0, 0.1) is 5.82 Å². The second-order valence-electron chi connectivity index (χ2n) is 5.41. The van der Waals surface area contributed by atoms with Crippen LogP contribution in [0.5, 0.6) is 5.75 Å². The van der Waals surface area contributed by atoms with Gasteiger partial charge in [-0.05, 0) is 12.1 Å². The van der Waals surface area contributed by atoms with Crippen molar-refractivity contribution in [3.63, 3.8) is 0 Å². The van der Waals surface area contributed by atoms with Gasteiger partial charge in [0.25, 0.3) is 5.91 Å². The van der Waals surface area contributed by atoms with Gasteiger partial charge in [0.05, 0.1) is 32.4 Å². The highest BCUT2D eigenvalue weighted by atomic mass is 19.1. The van der Waals surface area contributed by atoms with E-state index in [2.05, 4.69) is 5.32 Å². The van der Waals surface area contributed by atoms with E-state index < -0.39 is 17.7 Å². The SMILES string of the molecule is COCCOc1ccc(NC2=C(C(=O)OC)CN(CCO)C2=O)cc1F. The van der Waals surface area contributed by atoms with Crippen LogP contribution in [-0.2, 0) is 19.1 Å². The van der Waals surface area contributed by atoms with Crippen LogP contribution in [0.4, 0.5) is 10.1 Å². The molecule has 2 N–H and O–H groups in total. The molecule has 2 rings (SSSR count). The molecule has 26 heavy (non-hydrogen) atoms. The van der Waals surface area contributed by atoms with Crippen LogP contribution in [0.3, 0.4) is 0 Å². The first kappa shape index (κ1) is 19.7. The summed E-state index contributed by atoms with van der Waals surface area (Å²) in [6.45, 7) is 0.367. The van der Waals surface area contributed by atoms with E-state index in [-0.39, 0.29) is 49.0 Å². The van der Waals surface area contributed by atoms with Crippen LogP contribution >= 0.6 is 0 Å². The molecular weight excluding hydrogens is 347 g/mol. The second kappa shape index (κ2) is 9.16. The molecule has 0 spiro atoms. The molecule has 0 unspecified atom stereocenters. The number of nitrogens with one attached hydrogen (secondary N) is 1. The van der Waals surface area contributed by atoms with Crippen molar-refractivity contribution in [2.24, 2.45) is 0 Å². The number of methoxy groups -OCH3 is 2. The molecule has 0 saturated heterocycles. The largest absolute Gasteiger partial charge is 0.488 e. The fourth-order valence-corrected chi connectivity index (χ4v) is 2.42. The number of hydrogen-bond donors (Lipinski definition) is 2. The van der Waals surface area contributed by atoms with Gasteiger partial charge in [-0.15, -0.1) is 0 Å². The van der Waals surface area contributed by atoms with Crippen molar-refractivity contribution in [3.8, 4) is 5.75 Å². The van der Waals surface area contributed by atoms with Gasteiger partial charge in [-0.2, -0.15) is 0 Å². The van der Waals surface area contributed by atoms with E-state index >= 15 is 0 Å². The highest BCUT2D eigenvalue weighted by molar-refractivity contribution is 6.08. The molecule has 9 heteroatoms. The number of β-amino-alcohol motifs (C(OH)–C–C–N with tert-alkyl or cyclic N) is 1. The van der Waals surface area contributed by atoms with Crippen LogP contribution in [0.25, 0.3) is 0 Å². The summed E-state index contributed by atoms with van der Waals surface area (Å²) < 4.78 is 28.9. The Balaban J connectivity index is 2.19. The summed E-state index contributed by atoms with van der Waals surface area (Å²) in [6.07, 6.45) is 0. The van der Waals surface area contributed by atoms with Crippen molar-refractivity contribution in [3.05, 3.63) is 35.3 Å². The van der Waals surface area contributed by atoms with Crippen molar-refractivity contribution < 1.29 is 33.3 Å². The van der Waals surface area contributed by atoms with Gasteiger partial charge in [-0.25, -0.2) is 9.18 Å². The van der Waals surface area contributed by atoms with Gasteiger partial charge >= 0.3 is 5.97 Å². The molecule has 0 aromatic heterocycles. The summed E-state index contributed by atoms with van der Waals surface area (Å²) in [5.74, 6) is -1.71. The molecule has 0 saturated carbocycles. The zero-order valence-electron chi connectivity index (χ0n) is 14.6. The minimum absolute atomic E-state index is 0.00208. The minimum Gasteiger partial charge on any atom is -0.488 e. The van der Waals surface area contributed by atoms with E-state index in [0.717, 1.165) is 6.07 Å². The van der Waals surface area contributed by atoms with E-state index in [1.165, 1.54) is 31.3 Å². The maximum atomic E-state index is 14.1. The highest BCUT2D eigenvalue weighted by Crippen LogP contribution is 2.26. The third kappa shape index (κ3) is 4.50. The Morgan fingerprint density at radius 1 is 1.35 bits per heavy atom. The summed E-state index contributed by atoms with van der Waals surface area (Å²) >= 11 is 0. The number of anilines is 1. The number of aliphatic hydroxyl groups excluding tert-OH is 1. The van der Waals surface area contributed by atoms with Gasteiger partial charge in [0.1, 0.15) is 12.3 Å². The molecule has 0 bridgehead atoms. The molecule has 1 amide bonds. The first-order valence-corrected chi connectivity index (χ1v) is 7.91. The van der Waals surface area contributed by atoms with Crippen LogP contribution in [0.1, 0.15) is 0 Å². The summed E-state index contributed by atoms with van der Waals surface area (Å²) in [4.78, 5) is 25.6. The molecule has 1 aliphatic rings. The number of carbonyl (C=O) groups excluding carboxylic acids is 2. The number of halogens is 1. The maximum absolute atomic E-state index is 14.1. The lowest BCUT2D eigenvalue weighted by atomic mass is 10.2. The van der Waals surface area contributed by atoms with Gasteiger partial charge in [-0.1, -0.05) is 0 Å². The lowest BCUT2D eigenvalue weighted by Gasteiger charge is -2.15. The molecule has 1 aromatic rings. The van der Waals surface area contributed by atoms with Gasteiger partial charge in [0.15, 0.2) is 11.6 Å². The number of rotatable bonds is 9. The van der Waals surface area contributed by atoms with E-state index in [1.54, 1.807) is 0 Å². The number of amides is 1. The predicted molar refractivity (Wildman–Crippen MR) is 90.1 cm³/mol. The number of nitrogens with zero attached hydrogens (tertiary/aromatic N) is 1. The van der Waals surface area contributed by atoms with E-state index in [1.807, 2.05) is 0 Å². The lowest BCUT2D eigenvalue weighted by molar-refractivity contribution is -0.136. The number of carbonyl (C=O) groups is 2. The fourth-order valence-electron chi connectivity index (χ4n) is 2.42. The molecule has 1 heterocycles. The van der Waals surface area contributed by atoms with Crippen LogP contribution in [0.15, 0.2) is 29.5 Å². The van der Waals surface area contributed by atoms with Crippen molar-refractivity contribution in [1.29, 1.82) is 0 Å². The summed E-state index contributed by atoms with van der Waals surface area (Å²) in [5, 5.41) is 11.8. The zero-order valence-corrected chi connectivity index (χ0v) is 14.6. The number of benzene rings is 1. The third-order valence-electron chi connectivity index (χ3n) is 3.70. The van der Waals surface area contributed by atoms with Gasteiger partial charge in [-0.3, -0.25) is 4.79 Å². The van der Waals surface area contributed by atoms with Gasteiger partial charge < -0.3 is 29.5 Å². The standard InChI is InChI=1S/C17H21FN2O6/c1-24-7-8-26-14-4-3-11(9-13(14)18)19-15-12(17(23)25-2)10-20(5-6-21)16(15)22/h3-4,9,19,21H,5-8,10H2,1-2H3. The number of aliphatic hydroxyl groups is 1. The van der Waals surface area contributed by atoms with Crippen molar-refractivity contribution in [2.75, 3.05) is 52.4 Å². The molecular formula is C17H21FN2O6. The molecule has 8 nitrogen and oxygen atoms in total. The van der Waals surface area contributed by atoms with E-state index in [9.17, 15) is 14.0 Å². The Morgan fingerprint density at radius 3 is 2.73 bits per heavy atom. The fraction of sp³-hybridized carbons (Fsp3) is 0.412. The average Bonchev–Trinajstić information content (AvgIpc) is 2.93. The molecule has 0 fully saturated rings. The molecule has 0 radical (unpaired) electrons. The molecule has 1 aliphatic heterocycles. The summed E-state index contributed by atoms with van der Waals surface area (Å²) in [7, 11) is 2.72. The Kier molecular flexibility index (Phi) is 6.93. The number of esters is 1. The van der Waals surface area contributed by atoms with Crippen molar-refractivity contribution >= 4 is 17.6 Å². The molecule has 0 aliphatic carbocycles. The second-order valence-corrected chi connectivity index (χ2v) is 5.41. The number of hydrogen-bond acceptors (Lipinski definition) is 7. The zero-order chi connectivity index (χ0) is 19.1. The highest BCUT2D eigenvalue weighted by Gasteiger charge is 2.34. The van der Waals surface area contributed by atoms with Gasteiger partial charge in [0.2, 0.25) is 0 Å². The minimum atomic E-state index is -0.665. The molecule has 0 atom stereocenters. The van der Waals surface area contributed by atoms with E-state index in [4.69, 9.17) is 19.3 Å². The summed E-state index contributed by atoms with van der Waals surface area (Å²) in [5.41, 5.74) is 0.390. The third-order valence-corrected chi connectivity index (χ3v) is 3.70. The van der Waals surface area contributed by atoms with Crippen molar-refractivity contribution in [1.82, 2.24) is 4.90 Å². The Morgan fingerprint density at radius 2 is 2.12 bits per heavy atom. The topological polar surface area (TPSA) is 97.3 Å². The maximum Gasteiger partial charge on any atom is 0.337 e. The Hall–Kier alpha value is -2.65. The van der Waals surface area contributed by atoms with Crippen LogP contribution < -0.4 is 10.1 Å². The van der Waals surface area contributed by atoms with Crippen molar-refractivity contribution in [2.45, 2.75) is 0 Å². The predicted octanol–water partition coefficient (Wildman–Crippen LogP) is 0.524. The normalized spacial score (nSPS) is 14.0.